The molecule has 1 amide bonds. The minimum Gasteiger partial charge on any atom is -0.474 e. The molecule has 0 heterocycles. The predicted octanol–water partition coefficient (Wildman–Crippen LogP) is 3.27. The van der Waals surface area contributed by atoms with E-state index in [1.54, 1.807) is 6.07 Å². The molecule has 0 aliphatic carbocycles. The van der Waals surface area contributed by atoms with Crippen molar-refractivity contribution in [1.29, 1.82) is 0 Å². The van der Waals surface area contributed by atoms with E-state index in [9.17, 15) is 14.9 Å². The fourth-order valence-corrected chi connectivity index (χ4v) is 2.17. The smallest absolute Gasteiger partial charge is 0.310 e. The molecule has 1 N–H and O–H groups in total. The van der Waals surface area contributed by atoms with Crippen LogP contribution in [0.2, 0.25) is 0 Å². The van der Waals surface area contributed by atoms with Crippen molar-refractivity contribution in [2.75, 3.05) is 0 Å². The van der Waals surface area contributed by atoms with Crippen LogP contribution in [-0.2, 0) is 4.79 Å². The van der Waals surface area contributed by atoms with Crippen molar-refractivity contribution >= 4 is 33.7 Å². The fraction of sp³-hybridized carbons (Fsp3) is 0.125. The van der Waals surface area contributed by atoms with Gasteiger partial charge in [-0.05, 0) is 19.1 Å². The van der Waals surface area contributed by atoms with E-state index in [4.69, 9.17) is 4.74 Å². The Labute approximate surface area is 146 Å². The number of carbonyl (C=O) groups is 1. The molecule has 2 rings (SSSR count). The molecule has 124 valence electrons. The molecule has 0 saturated carbocycles. The molecule has 7 nitrogen and oxygen atoms in total. The number of nitrogens with one attached hydrogen (secondary N) is 1. The Morgan fingerprint density at radius 1 is 1.29 bits per heavy atom. The molecule has 0 aliphatic rings. The maximum atomic E-state index is 12.0. The van der Waals surface area contributed by atoms with Gasteiger partial charge in [0.15, 0.2) is 11.9 Å². The Balaban J connectivity index is 1.98. The molecule has 2 aromatic rings. The zero-order chi connectivity index (χ0) is 17.5. The second kappa shape index (κ2) is 8.21. The molecule has 0 bridgehead atoms. The first kappa shape index (κ1) is 17.6. The second-order valence-corrected chi connectivity index (χ2v) is 5.60. The highest BCUT2D eigenvalue weighted by Gasteiger charge is 2.20. The van der Waals surface area contributed by atoms with Gasteiger partial charge >= 0.3 is 5.69 Å². The van der Waals surface area contributed by atoms with E-state index in [0.29, 0.717) is 0 Å². The molecule has 0 aliphatic heterocycles. The van der Waals surface area contributed by atoms with Crippen LogP contribution in [0.1, 0.15) is 12.5 Å². The fourth-order valence-electron chi connectivity index (χ4n) is 1.79. The number of rotatable bonds is 6. The SMILES string of the molecule is CC(Oc1ccccc1[N+](=O)[O-])C(=O)NN=Cc1ccccc1Br. The third-order valence-corrected chi connectivity index (χ3v) is 3.74. The van der Waals surface area contributed by atoms with Gasteiger partial charge in [-0.15, -0.1) is 0 Å². The monoisotopic (exact) mass is 391 g/mol. The van der Waals surface area contributed by atoms with Gasteiger partial charge in [-0.2, -0.15) is 5.10 Å². The average molecular weight is 392 g/mol. The molecule has 0 radical (unpaired) electrons. The standard InChI is InChI=1S/C16H14BrN3O4/c1-11(24-15-9-5-4-8-14(15)20(22)23)16(21)19-18-10-12-6-2-3-7-13(12)17/h2-11H,1H3,(H,19,21). The summed E-state index contributed by atoms with van der Waals surface area (Å²) >= 11 is 3.37. The van der Waals surface area contributed by atoms with Crippen molar-refractivity contribution in [2.24, 2.45) is 5.10 Å². The normalized spacial score (nSPS) is 11.9. The van der Waals surface area contributed by atoms with Crippen molar-refractivity contribution in [3.8, 4) is 5.75 Å². The summed E-state index contributed by atoms with van der Waals surface area (Å²) in [4.78, 5) is 22.3. The summed E-state index contributed by atoms with van der Waals surface area (Å²) < 4.78 is 6.20. The summed E-state index contributed by atoms with van der Waals surface area (Å²) in [6, 6.07) is 13.3. The van der Waals surface area contributed by atoms with Crippen LogP contribution in [0.5, 0.6) is 5.75 Å². The van der Waals surface area contributed by atoms with Gasteiger partial charge in [0.05, 0.1) is 11.1 Å². The molecule has 24 heavy (non-hydrogen) atoms. The lowest BCUT2D eigenvalue weighted by molar-refractivity contribution is -0.386. The van der Waals surface area contributed by atoms with E-state index >= 15 is 0 Å². The molecule has 0 fully saturated rings. The Bertz CT molecular complexity index is 779. The Hall–Kier alpha value is -2.74. The lowest BCUT2D eigenvalue weighted by Gasteiger charge is -2.12. The Kier molecular flexibility index (Phi) is 6.02. The van der Waals surface area contributed by atoms with Crippen LogP contribution in [-0.4, -0.2) is 23.1 Å². The summed E-state index contributed by atoms with van der Waals surface area (Å²) in [6.45, 7) is 1.49. The van der Waals surface area contributed by atoms with Crippen molar-refractivity contribution in [3.63, 3.8) is 0 Å². The molecule has 0 aromatic heterocycles. The van der Waals surface area contributed by atoms with Gasteiger partial charge in [-0.25, -0.2) is 5.43 Å². The largest absolute Gasteiger partial charge is 0.474 e. The number of nitro benzene ring substituents is 1. The van der Waals surface area contributed by atoms with Crippen LogP contribution in [0.25, 0.3) is 0 Å². The zero-order valence-corrected chi connectivity index (χ0v) is 14.3. The molecule has 1 atom stereocenters. The molecular weight excluding hydrogens is 378 g/mol. The maximum absolute atomic E-state index is 12.0. The second-order valence-electron chi connectivity index (χ2n) is 4.74. The predicted molar refractivity (Wildman–Crippen MR) is 93.1 cm³/mol. The highest BCUT2D eigenvalue weighted by Crippen LogP contribution is 2.26. The van der Waals surface area contributed by atoms with Crippen molar-refractivity contribution < 1.29 is 14.5 Å². The molecule has 0 saturated heterocycles. The highest BCUT2D eigenvalue weighted by atomic mass is 79.9. The molecule has 8 heteroatoms. The van der Waals surface area contributed by atoms with Crippen molar-refractivity contribution in [1.82, 2.24) is 5.43 Å². The van der Waals surface area contributed by atoms with Crippen LogP contribution in [0.3, 0.4) is 0 Å². The number of hydrogen-bond acceptors (Lipinski definition) is 5. The first-order chi connectivity index (χ1) is 11.5. The van der Waals surface area contributed by atoms with Crippen molar-refractivity contribution in [2.45, 2.75) is 13.0 Å². The summed E-state index contributed by atoms with van der Waals surface area (Å²) in [5, 5.41) is 14.8. The number of amides is 1. The van der Waals surface area contributed by atoms with Gasteiger partial charge in [0.1, 0.15) is 0 Å². The molecular formula is C16H14BrN3O4. The summed E-state index contributed by atoms with van der Waals surface area (Å²) in [5.41, 5.74) is 2.94. The highest BCUT2D eigenvalue weighted by molar-refractivity contribution is 9.10. The van der Waals surface area contributed by atoms with Crippen molar-refractivity contribution in [3.05, 3.63) is 68.7 Å². The van der Waals surface area contributed by atoms with Gasteiger partial charge in [0.2, 0.25) is 0 Å². The topological polar surface area (TPSA) is 93.8 Å². The average Bonchev–Trinajstić information content (AvgIpc) is 2.56. The Morgan fingerprint density at radius 2 is 1.96 bits per heavy atom. The van der Waals surface area contributed by atoms with E-state index in [-0.39, 0.29) is 11.4 Å². The van der Waals surface area contributed by atoms with Crippen LogP contribution < -0.4 is 10.2 Å². The third kappa shape index (κ3) is 4.63. The number of halogens is 1. The number of hydrogen-bond donors (Lipinski definition) is 1. The quantitative estimate of drug-likeness (QED) is 0.464. The van der Waals surface area contributed by atoms with Gasteiger partial charge < -0.3 is 4.74 Å². The van der Waals surface area contributed by atoms with Gasteiger partial charge in [-0.1, -0.05) is 46.3 Å². The number of benzene rings is 2. The van der Waals surface area contributed by atoms with Crippen LogP contribution >= 0.6 is 15.9 Å². The van der Waals surface area contributed by atoms with Crippen LogP contribution in [0.4, 0.5) is 5.69 Å². The number of nitro groups is 1. The molecule has 2 aromatic carbocycles. The maximum Gasteiger partial charge on any atom is 0.310 e. The molecule has 0 spiro atoms. The van der Waals surface area contributed by atoms with E-state index in [1.165, 1.54) is 31.3 Å². The third-order valence-electron chi connectivity index (χ3n) is 3.02. The minimum absolute atomic E-state index is 0.0277. The summed E-state index contributed by atoms with van der Waals surface area (Å²) in [6.07, 6.45) is 0.544. The van der Waals surface area contributed by atoms with E-state index in [0.717, 1.165) is 10.0 Å². The number of carbonyl (C=O) groups excluding carboxylic acids is 1. The Morgan fingerprint density at radius 3 is 2.67 bits per heavy atom. The first-order valence-electron chi connectivity index (χ1n) is 6.96. The lowest BCUT2D eigenvalue weighted by Crippen LogP contribution is -2.33. The van der Waals surface area contributed by atoms with E-state index < -0.39 is 16.9 Å². The lowest BCUT2D eigenvalue weighted by atomic mass is 10.2. The number of ether oxygens (including phenoxy) is 1. The first-order valence-corrected chi connectivity index (χ1v) is 7.76. The zero-order valence-electron chi connectivity index (χ0n) is 12.7. The van der Waals surface area contributed by atoms with Gasteiger partial charge in [0, 0.05) is 16.1 Å². The summed E-state index contributed by atoms with van der Waals surface area (Å²) in [7, 11) is 0. The summed E-state index contributed by atoms with van der Waals surface area (Å²) in [5.74, 6) is -0.489. The van der Waals surface area contributed by atoms with E-state index in [1.807, 2.05) is 24.3 Å². The van der Waals surface area contributed by atoms with Gasteiger partial charge in [-0.3, -0.25) is 14.9 Å². The minimum atomic E-state index is -0.942. The molecule has 1 unspecified atom stereocenters. The van der Waals surface area contributed by atoms with Crippen LogP contribution in [0, 0.1) is 10.1 Å². The number of nitrogens with zero attached hydrogens (tertiary/aromatic N) is 2. The van der Waals surface area contributed by atoms with Crippen LogP contribution in [0.15, 0.2) is 58.1 Å². The number of hydrazone groups is 1. The number of para-hydroxylation sites is 2. The van der Waals surface area contributed by atoms with E-state index in [2.05, 4.69) is 26.5 Å². The van der Waals surface area contributed by atoms with Gasteiger partial charge in [0.25, 0.3) is 5.91 Å².